The summed E-state index contributed by atoms with van der Waals surface area (Å²) < 4.78 is 27.8. The van der Waals surface area contributed by atoms with Gasteiger partial charge in [-0.05, 0) is 43.7 Å². The van der Waals surface area contributed by atoms with Crippen molar-refractivity contribution in [2.45, 2.75) is 24.5 Å². The molecule has 5 nitrogen and oxygen atoms in total. The van der Waals surface area contributed by atoms with Crippen molar-refractivity contribution in [3.05, 3.63) is 95.6 Å². The Balaban J connectivity index is 1.65. The first kappa shape index (κ1) is 23.9. The monoisotopic (exact) mass is 468 g/mol. The van der Waals surface area contributed by atoms with E-state index in [9.17, 15) is 13.2 Å². The standard InChI is InChI=1S/C25H28N2O3S2/c1-20-8-12-23(13-9-20)27(32(29,30)24-14-10-21(2)11-15-24)18-25(28)26-16-17-31-19-22-6-4-3-5-7-22/h3-15H,16-19H2,1-2H3,(H,26,28). The molecule has 0 aliphatic carbocycles. The largest absolute Gasteiger partial charge is 0.354 e. The molecule has 0 aliphatic heterocycles. The van der Waals surface area contributed by atoms with Crippen LogP contribution in [0.25, 0.3) is 0 Å². The number of aryl methyl sites for hydroxylation is 2. The van der Waals surface area contributed by atoms with Gasteiger partial charge in [0, 0.05) is 18.1 Å². The fraction of sp³-hybridized carbons (Fsp3) is 0.240. The van der Waals surface area contributed by atoms with Gasteiger partial charge in [-0.15, -0.1) is 0 Å². The van der Waals surface area contributed by atoms with Gasteiger partial charge >= 0.3 is 0 Å². The third-order valence-corrected chi connectivity index (χ3v) is 7.72. The third-order valence-electron chi connectivity index (χ3n) is 4.90. The molecule has 3 aromatic carbocycles. The van der Waals surface area contributed by atoms with Crippen molar-refractivity contribution in [1.82, 2.24) is 5.32 Å². The molecule has 0 unspecified atom stereocenters. The van der Waals surface area contributed by atoms with E-state index < -0.39 is 10.0 Å². The molecular formula is C25H28N2O3S2. The number of hydrogen-bond acceptors (Lipinski definition) is 4. The molecule has 0 saturated heterocycles. The number of hydrogen-bond donors (Lipinski definition) is 1. The predicted molar refractivity (Wildman–Crippen MR) is 133 cm³/mol. The Morgan fingerprint density at radius 3 is 2.09 bits per heavy atom. The molecule has 32 heavy (non-hydrogen) atoms. The van der Waals surface area contributed by atoms with Crippen molar-refractivity contribution in [2.24, 2.45) is 0 Å². The number of amides is 1. The van der Waals surface area contributed by atoms with Gasteiger partial charge in [-0.25, -0.2) is 8.42 Å². The van der Waals surface area contributed by atoms with Crippen LogP contribution in [0.1, 0.15) is 16.7 Å². The number of carbonyl (C=O) groups is 1. The molecule has 0 spiro atoms. The highest BCUT2D eigenvalue weighted by Crippen LogP contribution is 2.24. The summed E-state index contributed by atoms with van der Waals surface area (Å²) in [5, 5.41) is 2.85. The van der Waals surface area contributed by atoms with E-state index in [0.717, 1.165) is 22.6 Å². The molecule has 3 rings (SSSR count). The number of anilines is 1. The highest BCUT2D eigenvalue weighted by molar-refractivity contribution is 7.98. The van der Waals surface area contributed by atoms with E-state index in [4.69, 9.17) is 0 Å². The van der Waals surface area contributed by atoms with E-state index >= 15 is 0 Å². The van der Waals surface area contributed by atoms with Crippen molar-refractivity contribution in [3.8, 4) is 0 Å². The number of benzene rings is 3. The van der Waals surface area contributed by atoms with Gasteiger partial charge in [0.1, 0.15) is 6.54 Å². The SMILES string of the molecule is Cc1ccc(N(CC(=O)NCCSCc2ccccc2)S(=O)(=O)c2ccc(C)cc2)cc1. The smallest absolute Gasteiger partial charge is 0.264 e. The Morgan fingerprint density at radius 2 is 1.47 bits per heavy atom. The second kappa shape index (κ2) is 11.2. The molecule has 7 heteroatoms. The summed E-state index contributed by atoms with van der Waals surface area (Å²) in [6.45, 7) is 4.03. The number of thioether (sulfide) groups is 1. The summed E-state index contributed by atoms with van der Waals surface area (Å²) in [7, 11) is -3.88. The van der Waals surface area contributed by atoms with Crippen molar-refractivity contribution in [2.75, 3.05) is 23.1 Å². The molecular weight excluding hydrogens is 440 g/mol. The quantitative estimate of drug-likeness (QED) is 0.444. The van der Waals surface area contributed by atoms with Crippen LogP contribution in [0.15, 0.2) is 83.8 Å². The Bertz CT molecular complexity index is 1110. The number of carbonyl (C=O) groups excluding carboxylic acids is 1. The highest BCUT2D eigenvalue weighted by atomic mass is 32.2. The van der Waals surface area contributed by atoms with E-state index in [-0.39, 0.29) is 17.3 Å². The van der Waals surface area contributed by atoms with Crippen LogP contribution in [0.4, 0.5) is 5.69 Å². The highest BCUT2D eigenvalue weighted by Gasteiger charge is 2.27. The Morgan fingerprint density at radius 1 is 0.875 bits per heavy atom. The van der Waals surface area contributed by atoms with Crippen LogP contribution < -0.4 is 9.62 Å². The molecule has 0 bridgehead atoms. The van der Waals surface area contributed by atoms with Gasteiger partial charge in [-0.3, -0.25) is 9.10 Å². The Labute approximate surface area is 194 Å². The second-order valence-electron chi connectivity index (χ2n) is 7.55. The molecule has 0 heterocycles. The van der Waals surface area contributed by atoms with Gasteiger partial charge in [0.15, 0.2) is 0 Å². The minimum Gasteiger partial charge on any atom is -0.354 e. The average Bonchev–Trinajstić information content (AvgIpc) is 2.79. The second-order valence-corrected chi connectivity index (χ2v) is 10.5. The first-order valence-corrected chi connectivity index (χ1v) is 13.0. The zero-order valence-corrected chi connectivity index (χ0v) is 20.0. The number of nitrogens with one attached hydrogen (secondary N) is 1. The fourth-order valence-electron chi connectivity index (χ4n) is 3.08. The summed E-state index contributed by atoms with van der Waals surface area (Å²) >= 11 is 1.72. The molecule has 3 aromatic rings. The maximum atomic E-state index is 13.3. The zero-order valence-electron chi connectivity index (χ0n) is 18.3. The average molecular weight is 469 g/mol. The first-order valence-electron chi connectivity index (χ1n) is 10.4. The minimum atomic E-state index is -3.88. The van der Waals surface area contributed by atoms with Gasteiger partial charge < -0.3 is 5.32 Å². The maximum absolute atomic E-state index is 13.3. The van der Waals surface area contributed by atoms with E-state index in [1.165, 1.54) is 9.87 Å². The van der Waals surface area contributed by atoms with Crippen LogP contribution in [-0.2, 0) is 20.6 Å². The van der Waals surface area contributed by atoms with Crippen LogP contribution in [0.3, 0.4) is 0 Å². The van der Waals surface area contributed by atoms with E-state index in [1.807, 2.05) is 44.2 Å². The van der Waals surface area contributed by atoms with Gasteiger partial charge in [-0.2, -0.15) is 11.8 Å². The van der Waals surface area contributed by atoms with Crippen LogP contribution in [-0.4, -0.2) is 33.2 Å². The summed E-state index contributed by atoms with van der Waals surface area (Å²) in [5.74, 6) is 1.28. The predicted octanol–water partition coefficient (Wildman–Crippen LogP) is 4.55. The molecule has 0 saturated carbocycles. The number of sulfonamides is 1. The van der Waals surface area contributed by atoms with Crippen LogP contribution >= 0.6 is 11.8 Å². The molecule has 168 valence electrons. The molecule has 0 radical (unpaired) electrons. The third kappa shape index (κ3) is 6.61. The number of nitrogens with zero attached hydrogens (tertiary/aromatic N) is 1. The molecule has 0 aromatic heterocycles. The van der Waals surface area contributed by atoms with Crippen LogP contribution in [0, 0.1) is 13.8 Å². The molecule has 0 fully saturated rings. The lowest BCUT2D eigenvalue weighted by Crippen LogP contribution is -2.41. The van der Waals surface area contributed by atoms with E-state index in [1.54, 1.807) is 48.2 Å². The lowest BCUT2D eigenvalue weighted by Gasteiger charge is -2.24. The Kier molecular flexibility index (Phi) is 8.36. The topological polar surface area (TPSA) is 66.5 Å². The van der Waals surface area contributed by atoms with Gasteiger partial charge in [0.05, 0.1) is 10.6 Å². The van der Waals surface area contributed by atoms with Gasteiger partial charge in [-0.1, -0.05) is 65.7 Å². The van der Waals surface area contributed by atoms with Crippen molar-refractivity contribution >= 4 is 33.4 Å². The van der Waals surface area contributed by atoms with Crippen molar-refractivity contribution in [1.29, 1.82) is 0 Å². The summed E-state index contributed by atoms with van der Waals surface area (Å²) in [6.07, 6.45) is 0. The fourth-order valence-corrected chi connectivity index (χ4v) is 5.32. The first-order chi connectivity index (χ1) is 15.4. The summed E-state index contributed by atoms with van der Waals surface area (Å²) in [6, 6.07) is 23.9. The normalized spacial score (nSPS) is 11.2. The Hall–Kier alpha value is -2.77. The lowest BCUT2D eigenvalue weighted by molar-refractivity contribution is -0.119. The van der Waals surface area contributed by atoms with Gasteiger partial charge in [0.25, 0.3) is 10.0 Å². The van der Waals surface area contributed by atoms with Crippen molar-refractivity contribution in [3.63, 3.8) is 0 Å². The van der Waals surface area contributed by atoms with Crippen LogP contribution in [0.5, 0.6) is 0 Å². The molecule has 0 aliphatic rings. The zero-order chi connectivity index (χ0) is 23.0. The van der Waals surface area contributed by atoms with E-state index in [0.29, 0.717) is 12.2 Å². The minimum absolute atomic E-state index is 0.162. The van der Waals surface area contributed by atoms with Crippen LogP contribution in [0.2, 0.25) is 0 Å². The van der Waals surface area contributed by atoms with Gasteiger partial charge in [0.2, 0.25) is 5.91 Å². The molecule has 1 N–H and O–H groups in total. The number of rotatable bonds is 10. The molecule has 1 amide bonds. The van der Waals surface area contributed by atoms with E-state index in [2.05, 4.69) is 17.4 Å². The maximum Gasteiger partial charge on any atom is 0.264 e. The molecule has 0 atom stereocenters. The van der Waals surface area contributed by atoms with Crippen molar-refractivity contribution < 1.29 is 13.2 Å². The lowest BCUT2D eigenvalue weighted by atomic mass is 10.2. The summed E-state index contributed by atoms with van der Waals surface area (Å²) in [5.41, 5.74) is 3.68. The summed E-state index contributed by atoms with van der Waals surface area (Å²) in [4.78, 5) is 12.8.